The summed E-state index contributed by atoms with van der Waals surface area (Å²) in [7, 11) is 0. The number of hydrogen-bond acceptors (Lipinski definition) is 8. The summed E-state index contributed by atoms with van der Waals surface area (Å²) in [5.74, 6) is 1.47. The fraction of sp³-hybridized carbons (Fsp3) is 0.511. The van der Waals surface area contributed by atoms with Crippen LogP contribution in [0.25, 0.3) is 0 Å². The van der Waals surface area contributed by atoms with Crippen molar-refractivity contribution in [3.8, 4) is 0 Å². The van der Waals surface area contributed by atoms with E-state index in [1.54, 1.807) is 0 Å². The number of aromatic nitrogens is 2. The van der Waals surface area contributed by atoms with E-state index < -0.39 is 0 Å². The first-order valence-corrected chi connectivity index (χ1v) is 21.4. The average Bonchev–Trinajstić information content (AvgIpc) is 3.21. The molecule has 0 radical (unpaired) electrons. The standard InChI is InChI=1S/C47H66N8O/c1-4-5-8-11-41-32-44(36(3)51-45(41)48)31-38-17-19-40(20-18-38)47(56)55-28-26-53(27-29-55)23-10-7-6-9-12-42-33-43(35(2)52-46(42)49)30-37-13-15-39(16-14-37)34-54-24-21-50-22-25-54/h13-20,32-33,50H,4-12,21-31,34H2,1-3H3,(H2,48,51)(H2,49,52). The Morgan fingerprint density at radius 3 is 1.71 bits per heavy atom. The lowest BCUT2D eigenvalue weighted by Crippen LogP contribution is -2.48. The predicted molar refractivity (Wildman–Crippen MR) is 231 cm³/mol. The van der Waals surface area contributed by atoms with Crippen LogP contribution in [0.4, 0.5) is 11.6 Å². The van der Waals surface area contributed by atoms with Crippen LogP contribution >= 0.6 is 0 Å². The molecule has 1 amide bonds. The molecule has 4 aromatic rings. The lowest BCUT2D eigenvalue weighted by molar-refractivity contribution is 0.0635. The van der Waals surface area contributed by atoms with Gasteiger partial charge in [0.15, 0.2) is 0 Å². The van der Waals surface area contributed by atoms with Crippen LogP contribution in [0.1, 0.15) is 113 Å². The Balaban J connectivity index is 0.880. The number of aryl methyl sites for hydroxylation is 4. The van der Waals surface area contributed by atoms with E-state index in [1.165, 1.54) is 65.5 Å². The van der Waals surface area contributed by atoms with E-state index >= 15 is 0 Å². The number of nitrogens with one attached hydrogen (secondary N) is 1. The summed E-state index contributed by atoms with van der Waals surface area (Å²) in [4.78, 5) is 29.8. The summed E-state index contributed by atoms with van der Waals surface area (Å²) in [6.07, 6.45) is 11.8. The van der Waals surface area contributed by atoms with Gasteiger partial charge in [-0.25, -0.2) is 9.97 Å². The number of piperazine rings is 2. The molecule has 9 nitrogen and oxygen atoms in total. The van der Waals surface area contributed by atoms with Gasteiger partial charge in [0, 0.05) is 75.9 Å². The SMILES string of the molecule is CCCCCc1cc(Cc2ccc(C(=O)N3CCN(CCCCCCc4cc(Cc5ccc(CN6CCNCC6)cc5)c(C)nc4N)CC3)cc2)c(C)nc1N. The number of carbonyl (C=O) groups is 1. The maximum Gasteiger partial charge on any atom is 0.253 e. The van der Waals surface area contributed by atoms with Crippen molar-refractivity contribution in [2.75, 3.05) is 70.4 Å². The number of anilines is 2. The van der Waals surface area contributed by atoms with Gasteiger partial charge in [-0.05, 0) is 116 Å². The van der Waals surface area contributed by atoms with Crippen LogP contribution in [0.3, 0.4) is 0 Å². The van der Waals surface area contributed by atoms with Crippen molar-refractivity contribution in [2.45, 2.75) is 97.9 Å². The smallest absolute Gasteiger partial charge is 0.253 e. The Kier molecular flexibility index (Phi) is 15.3. The molecule has 300 valence electrons. The first-order valence-electron chi connectivity index (χ1n) is 21.4. The van der Waals surface area contributed by atoms with Crippen molar-refractivity contribution in [1.29, 1.82) is 0 Å². The molecule has 0 spiro atoms. The number of benzene rings is 2. The Bertz CT molecular complexity index is 1840. The fourth-order valence-corrected chi connectivity index (χ4v) is 8.21. The molecule has 0 bridgehead atoms. The molecule has 2 aromatic carbocycles. The Morgan fingerprint density at radius 2 is 1.14 bits per heavy atom. The number of nitrogens with two attached hydrogens (primary N) is 2. The van der Waals surface area contributed by atoms with Gasteiger partial charge in [-0.15, -0.1) is 0 Å². The molecule has 6 rings (SSSR count). The van der Waals surface area contributed by atoms with Crippen molar-refractivity contribution in [3.05, 3.63) is 117 Å². The molecule has 2 aromatic heterocycles. The third-order valence-corrected chi connectivity index (χ3v) is 11.9. The molecule has 0 unspecified atom stereocenters. The van der Waals surface area contributed by atoms with Gasteiger partial charge in [0.05, 0.1) is 0 Å². The summed E-state index contributed by atoms with van der Waals surface area (Å²) in [6, 6.07) is 21.8. The maximum atomic E-state index is 13.4. The van der Waals surface area contributed by atoms with Gasteiger partial charge < -0.3 is 21.7 Å². The van der Waals surface area contributed by atoms with E-state index in [4.69, 9.17) is 16.5 Å². The minimum absolute atomic E-state index is 0.132. The number of rotatable bonds is 18. The van der Waals surface area contributed by atoms with Gasteiger partial charge in [-0.1, -0.05) is 81.1 Å². The molecule has 4 heterocycles. The highest BCUT2D eigenvalue weighted by molar-refractivity contribution is 5.94. The molecule has 0 atom stereocenters. The molecule has 56 heavy (non-hydrogen) atoms. The van der Waals surface area contributed by atoms with E-state index in [0.29, 0.717) is 11.6 Å². The van der Waals surface area contributed by atoms with Crippen molar-refractivity contribution in [1.82, 2.24) is 30.0 Å². The van der Waals surface area contributed by atoms with Crippen LogP contribution in [-0.4, -0.2) is 89.5 Å². The van der Waals surface area contributed by atoms with Crippen LogP contribution in [-0.2, 0) is 32.2 Å². The third kappa shape index (κ3) is 11.9. The highest BCUT2D eigenvalue weighted by Gasteiger charge is 2.22. The lowest BCUT2D eigenvalue weighted by atomic mass is 9.98. The Morgan fingerprint density at radius 1 is 0.625 bits per heavy atom. The third-order valence-electron chi connectivity index (χ3n) is 11.9. The molecule has 2 fully saturated rings. The van der Waals surface area contributed by atoms with Crippen molar-refractivity contribution >= 4 is 17.5 Å². The summed E-state index contributed by atoms with van der Waals surface area (Å²) < 4.78 is 0. The lowest BCUT2D eigenvalue weighted by Gasteiger charge is -2.34. The van der Waals surface area contributed by atoms with Gasteiger partial charge in [0.25, 0.3) is 5.91 Å². The van der Waals surface area contributed by atoms with Crippen LogP contribution in [0.2, 0.25) is 0 Å². The molecule has 0 saturated carbocycles. The van der Waals surface area contributed by atoms with E-state index in [9.17, 15) is 4.79 Å². The van der Waals surface area contributed by atoms with Gasteiger partial charge in [0.1, 0.15) is 11.6 Å². The van der Waals surface area contributed by atoms with Gasteiger partial charge >= 0.3 is 0 Å². The highest BCUT2D eigenvalue weighted by atomic mass is 16.2. The zero-order valence-corrected chi connectivity index (χ0v) is 34.4. The van der Waals surface area contributed by atoms with Crippen molar-refractivity contribution < 1.29 is 4.79 Å². The Hall–Kier alpha value is -4.31. The molecule has 5 N–H and O–H groups in total. The molecule has 2 aliphatic heterocycles. The van der Waals surface area contributed by atoms with Crippen LogP contribution in [0, 0.1) is 13.8 Å². The fourth-order valence-electron chi connectivity index (χ4n) is 8.21. The summed E-state index contributed by atoms with van der Waals surface area (Å²) in [5.41, 5.74) is 24.1. The monoisotopic (exact) mass is 759 g/mol. The number of nitrogen functional groups attached to an aromatic ring is 2. The van der Waals surface area contributed by atoms with Crippen LogP contribution in [0.15, 0.2) is 60.7 Å². The van der Waals surface area contributed by atoms with E-state index in [2.05, 4.69) is 82.5 Å². The summed E-state index contributed by atoms with van der Waals surface area (Å²) in [5, 5.41) is 3.43. The average molecular weight is 759 g/mol. The quantitative estimate of drug-likeness (QED) is 0.0918. The number of nitrogens with zero attached hydrogens (tertiary/aromatic N) is 5. The maximum absolute atomic E-state index is 13.4. The normalized spacial score (nSPS) is 15.4. The first-order chi connectivity index (χ1) is 27.2. The van der Waals surface area contributed by atoms with E-state index in [0.717, 1.165) is 126 Å². The minimum Gasteiger partial charge on any atom is -0.383 e. The molecule has 9 heteroatoms. The number of unbranched alkanes of at least 4 members (excludes halogenated alkanes) is 5. The second-order valence-electron chi connectivity index (χ2n) is 16.2. The van der Waals surface area contributed by atoms with Gasteiger partial charge in [-0.3, -0.25) is 14.6 Å². The Labute approximate surface area is 336 Å². The number of hydrogen-bond donors (Lipinski definition) is 3. The zero-order valence-electron chi connectivity index (χ0n) is 34.4. The molecule has 0 aliphatic carbocycles. The van der Waals surface area contributed by atoms with Crippen molar-refractivity contribution in [2.24, 2.45) is 0 Å². The topological polar surface area (TPSA) is 117 Å². The highest BCUT2D eigenvalue weighted by Crippen LogP contribution is 2.23. The molecular formula is C47H66N8O. The summed E-state index contributed by atoms with van der Waals surface area (Å²) in [6.45, 7) is 16.2. The van der Waals surface area contributed by atoms with Crippen molar-refractivity contribution in [3.63, 3.8) is 0 Å². The van der Waals surface area contributed by atoms with E-state index in [-0.39, 0.29) is 5.91 Å². The van der Waals surface area contributed by atoms with E-state index in [1.807, 2.05) is 24.0 Å². The largest absolute Gasteiger partial charge is 0.383 e. The van der Waals surface area contributed by atoms with Gasteiger partial charge in [0.2, 0.25) is 0 Å². The predicted octanol–water partition coefficient (Wildman–Crippen LogP) is 7.14. The zero-order chi connectivity index (χ0) is 39.3. The van der Waals surface area contributed by atoms with Crippen LogP contribution < -0.4 is 16.8 Å². The van der Waals surface area contributed by atoms with Gasteiger partial charge in [-0.2, -0.15) is 0 Å². The number of pyridine rings is 2. The molecule has 2 saturated heterocycles. The summed E-state index contributed by atoms with van der Waals surface area (Å²) >= 11 is 0. The minimum atomic E-state index is 0.132. The second-order valence-corrected chi connectivity index (χ2v) is 16.2. The molecule has 2 aliphatic rings. The van der Waals surface area contributed by atoms with Crippen LogP contribution in [0.5, 0.6) is 0 Å². The second kappa shape index (κ2) is 20.7. The molecular weight excluding hydrogens is 693 g/mol. The number of carbonyl (C=O) groups excluding carboxylic acids is 1. The first kappa shape index (κ1) is 41.3. The number of amides is 1.